The molecule has 0 N–H and O–H groups in total. The lowest BCUT2D eigenvalue weighted by atomic mass is 10.1. The highest BCUT2D eigenvalue weighted by molar-refractivity contribution is 6.74. The molecule has 0 aliphatic carbocycles. The van der Waals surface area contributed by atoms with Gasteiger partial charge >= 0.3 is 0 Å². The van der Waals surface area contributed by atoms with E-state index in [1.165, 1.54) is 0 Å². The Morgan fingerprint density at radius 2 is 1.71 bits per heavy atom. The number of ether oxygens (including phenoxy) is 1. The Hall–Kier alpha value is -1.13. The van der Waals surface area contributed by atoms with Gasteiger partial charge in [-0.1, -0.05) is 20.8 Å². The Kier molecular flexibility index (Phi) is 5.76. The molecule has 1 atom stereocenters. The van der Waals surface area contributed by atoms with Crippen molar-refractivity contribution in [2.75, 3.05) is 6.61 Å². The van der Waals surface area contributed by atoms with E-state index in [4.69, 9.17) is 9.16 Å². The van der Waals surface area contributed by atoms with Gasteiger partial charge in [0.1, 0.15) is 12.4 Å². The van der Waals surface area contributed by atoms with E-state index in [0.717, 1.165) is 5.75 Å². The molecule has 4 heteroatoms. The molecule has 0 fully saturated rings. The number of hydrogen-bond donors (Lipinski definition) is 0. The van der Waals surface area contributed by atoms with Crippen LogP contribution in [0.15, 0.2) is 24.3 Å². The Bertz CT molecular complexity index is 472. The molecule has 0 spiro atoms. The zero-order chi connectivity index (χ0) is 16.3. The quantitative estimate of drug-likeness (QED) is 0.565. The summed E-state index contributed by atoms with van der Waals surface area (Å²) < 4.78 is 12.0. The van der Waals surface area contributed by atoms with Gasteiger partial charge in [-0.05, 0) is 56.2 Å². The molecule has 0 saturated heterocycles. The molecule has 0 aliphatic heterocycles. The smallest absolute Gasteiger partial charge is 0.192 e. The average molecular weight is 308 g/mol. The highest BCUT2D eigenvalue weighted by Crippen LogP contribution is 2.37. The van der Waals surface area contributed by atoms with Crippen molar-refractivity contribution in [1.29, 1.82) is 0 Å². The van der Waals surface area contributed by atoms with Crippen LogP contribution in [0.5, 0.6) is 5.75 Å². The number of hydrogen-bond acceptors (Lipinski definition) is 3. The van der Waals surface area contributed by atoms with Crippen LogP contribution in [-0.4, -0.2) is 26.8 Å². The van der Waals surface area contributed by atoms with E-state index in [2.05, 4.69) is 33.9 Å². The zero-order valence-corrected chi connectivity index (χ0v) is 15.3. The summed E-state index contributed by atoms with van der Waals surface area (Å²) >= 11 is 0. The van der Waals surface area contributed by atoms with Gasteiger partial charge in [0, 0.05) is 5.56 Å². The van der Waals surface area contributed by atoms with Crippen LogP contribution in [0.2, 0.25) is 18.1 Å². The first kappa shape index (κ1) is 17.9. The van der Waals surface area contributed by atoms with Crippen molar-refractivity contribution in [3.05, 3.63) is 29.8 Å². The van der Waals surface area contributed by atoms with Gasteiger partial charge < -0.3 is 9.16 Å². The predicted molar refractivity (Wildman–Crippen MR) is 89.7 cm³/mol. The summed E-state index contributed by atoms with van der Waals surface area (Å²) in [6, 6.07) is 7.24. The summed E-state index contributed by atoms with van der Waals surface area (Å²) in [5.74, 6) is 0.835. The number of carbonyl (C=O) groups is 1. The molecular weight excluding hydrogens is 280 g/mol. The van der Waals surface area contributed by atoms with Gasteiger partial charge in [-0.3, -0.25) is 4.79 Å². The maximum atomic E-state index is 11.2. The summed E-state index contributed by atoms with van der Waals surface area (Å²) in [5, 5.41) is 0.199. The molecule has 0 aliphatic rings. The molecule has 1 aromatic rings. The standard InChI is InChI=1S/C17H28O3Si/c1-13(20-21(6,7)17(3,4)5)12-19-16-10-8-15(9-11-16)14(2)18/h8-11,13H,12H2,1-7H3/t13-/m0/s1. The highest BCUT2D eigenvalue weighted by Gasteiger charge is 2.38. The minimum Gasteiger partial charge on any atom is -0.491 e. The minimum absolute atomic E-state index is 0.0541. The zero-order valence-electron chi connectivity index (χ0n) is 14.3. The van der Waals surface area contributed by atoms with Crippen molar-refractivity contribution in [3.8, 4) is 5.75 Å². The molecule has 0 bridgehead atoms. The van der Waals surface area contributed by atoms with Crippen molar-refractivity contribution in [2.24, 2.45) is 0 Å². The van der Waals surface area contributed by atoms with E-state index in [1.807, 2.05) is 19.1 Å². The molecular formula is C17H28O3Si. The van der Waals surface area contributed by atoms with Crippen molar-refractivity contribution in [3.63, 3.8) is 0 Å². The van der Waals surface area contributed by atoms with E-state index in [1.54, 1.807) is 19.1 Å². The molecule has 0 radical (unpaired) electrons. The Balaban J connectivity index is 2.53. The second-order valence-corrected chi connectivity index (χ2v) is 11.8. The third-order valence-electron chi connectivity index (χ3n) is 4.05. The Morgan fingerprint density at radius 3 is 2.14 bits per heavy atom. The monoisotopic (exact) mass is 308 g/mol. The average Bonchev–Trinajstić information content (AvgIpc) is 2.35. The van der Waals surface area contributed by atoms with E-state index < -0.39 is 8.32 Å². The van der Waals surface area contributed by atoms with Crippen LogP contribution in [0, 0.1) is 0 Å². The van der Waals surface area contributed by atoms with Crippen molar-refractivity contribution in [2.45, 2.75) is 58.9 Å². The number of rotatable bonds is 6. The van der Waals surface area contributed by atoms with Gasteiger partial charge in [0.15, 0.2) is 14.1 Å². The van der Waals surface area contributed by atoms with Crippen LogP contribution < -0.4 is 4.74 Å². The fourth-order valence-electron chi connectivity index (χ4n) is 1.71. The van der Waals surface area contributed by atoms with Crippen LogP contribution >= 0.6 is 0 Å². The molecule has 118 valence electrons. The van der Waals surface area contributed by atoms with Gasteiger partial charge in [-0.15, -0.1) is 0 Å². The van der Waals surface area contributed by atoms with E-state index in [-0.39, 0.29) is 16.9 Å². The van der Waals surface area contributed by atoms with Gasteiger partial charge in [0.05, 0.1) is 6.10 Å². The first-order valence-electron chi connectivity index (χ1n) is 7.44. The lowest BCUT2D eigenvalue weighted by Crippen LogP contribution is -2.44. The SMILES string of the molecule is CC(=O)c1ccc(OC[C@H](C)O[Si](C)(C)C(C)(C)C)cc1. The summed E-state index contributed by atoms with van der Waals surface area (Å²) in [6.07, 6.45) is 0.0541. The number of Topliss-reactive ketones (excluding diaryl/α,β-unsaturated/α-hetero) is 1. The van der Waals surface area contributed by atoms with Crippen LogP contribution in [0.3, 0.4) is 0 Å². The van der Waals surface area contributed by atoms with Crippen molar-refractivity contribution < 1.29 is 14.0 Å². The van der Waals surface area contributed by atoms with Gasteiger partial charge in [0.25, 0.3) is 0 Å². The lowest BCUT2D eigenvalue weighted by molar-refractivity contribution is 0.101. The molecule has 0 amide bonds. The van der Waals surface area contributed by atoms with Crippen LogP contribution in [0.4, 0.5) is 0 Å². The molecule has 3 nitrogen and oxygen atoms in total. The summed E-state index contributed by atoms with van der Waals surface area (Å²) in [7, 11) is -1.75. The molecule has 1 aromatic carbocycles. The molecule has 0 saturated carbocycles. The van der Waals surface area contributed by atoms with Gasteiger partial charge in [0.2, 0.25) is 0 Å². The predicted octanol–water partition coefficient (Wildman–Crippen LogP) is 4.68. The van der Waals surface area contributed by atoms with E-state index >= 15 is 0 Å². The van der Waals surface area contributed by atoms with Gasteiger partial charge in [-0.25, -0.2) is 0 Å². The molecule has 0 heterocycles. The first-order chi connectivity index (χ1) is 9.53. The summed E-state index contributed by atoms with van der Waals surface area (Å²) in [4.78, 5) is 11.2. The highest BCUT2D eigenvalue weighted by atomic mass is 28.4. The first-order valence-corrected chi connectivity index (χ1v) is 10.4. The van der Waals surface area contributed by atoms with Crippen LogP contribution in [0.1, 0.15) is 45.0 Å². The molecule has 0 unspecified atom stereocenters. The van der Waals surface area contributed by atoms with Crippen molar-refractivity contribution >= 4 is 14.1 Å². The number of ketones is 1. The second-order valence-electron chi connectivity index (χ2n) is 7.08. The lowest BCUT2D eigenvalue weighted by Gasteiger charge is -2.38. The van der Waals surface area contributed by atoms with E-state index in [0.29, 0.717) is 12.2 Å². The normalized spacial score (nSPS) is 13.9. The topological polar surface area (TPSA) is 35.5 Å². The Morgan fingerprint density at radius 1 is 1.19 bits per heavy atom. The second kappa shape index (κ2) is 6.75. The minimum atomic E-state index is -1.75. The number of benzene rings is 1. The fraction of sp³-hybridized carbons (Fsp3) is 0.588. The van der Waals surface area contributed by atoms with Crippen molar-refractivity contribution in [1.82, 2.24) is 0 Å². The third kappa shape index (κ3) is 5.29. The largest absolute Gasteiger partial charge is 0.491 e. The van der Waals surface area contributed by atoms with E-state index in [9.17, 15) is 4.79 Å². The van der Waals surface area contributed by atoms with Gasteiger partial charge in [-0.2, -0.15) is 0 Å². The molecule has 0 aromatic heterocycles. The summed E-state index contributed by atoms with van der Waals surface area (Å²) in [6.45, 7) is 15.3. The maximum absolute atomic E-state index is 11.2. The maximum Gasteiger partial charge on any atom is 0.192 e. The summed E-state index contributed by atoms with van der Waals surface area (Å²) in [5.41, 5.74) is 0.702. The fourth-order valence-corrected chi connectivity index (χ4v) is 3.14. The third-order valence-corrected chi connectivity index (χ3v) is 8.65. The van der Waals surface area contributed by atoms with Crippen LogP contribution in [0.25, 0.3) is 0 Å². The Labute approximate surface area is 129 Å². The molecule has 1 rings (SSSR count). The number of carbonyl (C=O) groups excluding carboxylic acids is 1. The van der Waals surface area contributed by atoms with Crippen LogP contribution in [-0.2, 0) is 4.43 Å². The molecule has 21 heavy (non-hydrogen) atoms.